The Balaban J connectivity index is 1.63. The molecule has 3 rings (SSSR count). The molecule has 0 radical (unpaired) electrons. The van der Waals surface area contributed by atoms with Crippen molar-refractivity contribution in [1.82, 2.24) is 10.3 Å². The number of pyridine rings is 1. The third-order valence-electron chi connectivity index (χ3n) is 3.99. The molecule has 1 amide bonds. The van der Waals surface area contributed by atoms with E-state index in [1.54, 1.807) is 19.4 Å². The number of hydrogen-bond acceptors (Lipinski definition) is 3. The second-order valence-corrected chi connectivity index (χ2v) is 5.83. The first kappa shape index (κ1) is 16.7. The molecular formula is C21H20N2O2. The average Bonchev–Trinajstić information content (AvgIpc) is 2.67. The standard InChI is InChI=1S/C21H20N2O2/c1-15-3-7-17(8-4-15)20-12-9-18(14-22-20)21(24)23-13-16-5-10-19(25-2)11-6-16/h3-12,14H,13H2,1-2H3,(H,23,24). The first-order valence-corrected chi connectivity index (χ1v) is 8.10. The second kappa shape index (κ2) is 7.62. The van der Waals surface area contributed by atoms with E-state index in [-0.39, 0.29) is 5.91 Å². The fourth-order valence-electron chi connectivity index (χ4n) is 2.45. The van der Waals surface area contributed by atoms with Gasteiger partial charge >= 0.3 is 0 Å². The van der Waals surface area contributed by atoms with Gasteiger partial charge in [0.2, 0.25) is 0 Å². The number of hydrogen-bond donors (Lipinski definition) is 1. The van der Waals surface area contributed by atoms with Gasteiger partial charge in [0.15, 0.2) is 0 Å². The number of nitrogens with zero attached hydrogens (tertiary/aromatic N) is 1. The molecule has 0 bridgehead atoms. The predicted molar refractivity (Wildman–Crippen MR) is 98.6 cm³/mol. The number of ether oxygens (including phenoxy) is 1. The molecule has 0 saturated carbocycles. The summed E-state index contributed by atoms with van der Waals surface area (Å²) < 4.78 is 5.12. The van der Waals surface area contributed by atoms with Crippen LogP contribution in [0.3, 0.4) is 0 Å². The van der Waals surface area contributed by atoms with Gasteiger partial charge < -0.3 is 10.1 Å². The van der Waals surface area contributed by atoms with Gasteiger partial charge in [-0.3, -0.25) is 9.78 Å². The van der Waals surface area contributed by atoms with Crippen LogP contribution < -0.4 is 10.1 Å². The van der Waals surface area contributed by atoms with Crippen LogP contribution in [0.25, 0.3) is 11.3 Å². The molecule has 0 aliphatic heterocycles. The minimum absolute atomic E-state index is 0.140. The third kappa shape index (κ3) is 4.23. The van der Waals surface area contributed by atoms with Gasteiger partial charge in [0, 0.05) is 18.3 Å². The Hall–Kier alpha value is -3.14. The zero-order valence-electron chi connectivity index (χ0n) is 14.3. The number of rotatable bonds is 5. The second-order valence-electron chi connectivity index (χ2n) is 5.83. The van der Waals surface area contributed by atoms with Crippen LogP contribution in [0.2, 0.25) is 0 Å². The summed E-state index contributed by atoms with van der Waals surface area (Å²) in [4.78, 5) is 16.7. The normalized spacial score (nSPS) is 10.3. The number of aryl methyl sites for hydroxylation is 1. The maximum absolute atomic E-state index is 12.3. The number of carbonyl (C=O) groups is 1. The van der Waals surface area contributed by atoms with E-state index in [9.17, 15) is 4.79 Å². The number of aromatic nitrogens is 1. The van der Waals surface area contributed by atoms with Crippen molar-refractivity contribution in [2.24, 2.45) is 0 Å². The predicted octanol–water partition coefficient (Wildman–Crippen LogP) is 4.00. The minimum Gasteiger partial charge on any atom is -0.497 e. The van der Waals surface area contributed by atoms with Crippen LogP contribution in [-0.4, -0.2) is 18.0 Å². The summed E-state index contributed by atoms with van der Waals surface area (Å²) in [6.07, 6.45) is 1.61. The van der Waals surface area contributed by atoms with E-state index in [1.807, 2.05) is 61.5 Å². The number of amides is 1. The smallest absolute Gasteiger partial charge is 0.253 e. The molecule has 0 fully saturated rings. The highest BCUT2D eigenvalue weighted by Gasteiger charge is 2.07. The van der Waals surface area contributed by atoms with Crippen molar-refractivity contribution in [3.8, 4) is 17.0 Å². The largest absolute Gasteiger partial charge is 0.497 e. The van der Waals surface area contributed by atoms with Crippen LogP contribution in [0.4, 0.5) is 0 Å². The molecule has 0 aliphatic rings. The van der Waals surface area contributed by atoms with Gasteiger partial charge in [-0.05, 0) is 36.8 Å². The molecule has 0 aliphatic carbocycles. The summed E-state index contributed by atoms with van der Waals surface area (Å²) in [5, 5.41) is 2.90. The molecule has 0 spiro atoms. The third-order valence-corrected chi connectivity index (χ3v) is 3.99. The fourth-order valence-corrected chi connectivity index (χ4v) is 2.45. The van der Waals surface area contributed by atoms with E-state index in [2.05, 4.69) is 10.3 Å². The van der Waals surface area contributed by atoms with E-state index >= 15 is 0 Å². The van der Waals surface area contributed by atoms with Crippen molar-refractivity contribution < 1.29 is 9.53 Å². The first-order chi connectivity index (χ1) is 12.2. The van der Waals surface area contributed by atoms with E-state index in [0.717, 1.165) is 22.6 Å². The minimum atomic E-state index is -0.140. The Morgan fingerprint density at radius 3 is 2.32 bits per heavy atom. The average molecular weight is 332 g/mol. The van der Waals surface area contributed by atoms with Gasteiger partial charge in [0.05, 0.1) is 18.4 Å². The van der Waals surface area contributed by atoms with Crippen LogP contribution in [-0.2, 0) is 6.54 Å². The zero-order chi connectivity index (χ0) is 17.6. The fraction of sp³-hybridized carbons (Fsp3) is 0.143. The van der Waals surface area contributed by atoms with Crippen LogP contribution in [0, 0.1) is 6.92 Å². The first-order valence-electron chi connectivity index (χ1n) is 8.10. The molecule has 25 heavy (non-hydrogen) atoms. The lowest BCUT2D eigenvalue weighted by Crippen LogP contribution is -2.22. The monoisotopic (exact) mass is 332 g/mol. The molecular weight excluding hydrogens is 312 g/mol. The number of carbonyl (C=O) groups excluding carboxylic acids is 1. The van der Waals surface area contributed by atoms with Crippen molar-refractivity contribution in [1.29, 1.82) is 0 Å². The number of methoxy groups -OCH3 is 1. The highest BCUT2D eigenvalue weighted by atomic mass is 16.5. The zero-order valence-corrected chi connectivity index (χ0v) is 14.3. The lowest BCUT2D eigenvalue weighted by atomic mass is 10.1. The van der Waals surface area contributed by atoms with Crippen LogP contribution >= 0.6 is 0 Å². The van der Waals surface area contributed by atoms with E-state index < -0.39 is 0 Å². The summed E-state index contributed by atoms with van der Waals surface area (Å²) >= 11 is 0. The molecule has 2 aromatic carbocycles. The molecule has 0 atom stereocenters. The molecule has 1 heterocycles. The Bertz CT molecular complexity index is 839. The molecule has 4 heteroatoms. The quantitative estimate of drug-likeness (QED) is 0.768. The van der Waals surface area contributed by atoms with Crippen molar-refractivity contribution in [3.05, 3.63) is 83.6 Å². The lowest BCUT2D eigenvalue weighted by Gasteiger charge is -2.07. The van der Waals surface area contributed by atoms with Gasteiger partial charge in [-0.2, -0.15) is 0 Å². The molecule has 1 aromatic heterocycles. The molecule has 3 aromatic rings. The Kier molecular flexibility index (Phi) is 5.09. The summed E-state index contributed by atoms with van der Waals surface area (Å²) in [6.45, 7) is 2.51. The Morgan fingerprint density at radius 2 is 1.72 bits per heavy atom. The van der Waals surface area contributed by atoms with Gasteiger partial charge in [0.25, 0.3) is 5.91 Å². The molecule has 4 nitrogen and oxygen atoms in total. The highest BCUT2D eigenvalue weighted by molar-refractivity contribution is 5.94. The summed E-state index contributed by atoms with van der Waals surface area (Å²) in [6, 6.07) is 19.4. The van der Waals surface area contributed by atoms with Crippen molar-refractivity contribution in [2.45, 2.75) is 13.5 Å². The van der Waals surface area contributed by atoms with E-state index in [4.69, 9.17) is 4.74 Å². The van der Waals surface area contributed by atoms with Crippen molar-refractivity contribution >= 4 is 5.91 Å². The molecule has 1 N–H and O–H groups in total. The topological polar surface area (TPSA) is 51.2 Å². The van der Waals surface area contributed by atoms with Crippen LogP contribution in [0.5, 0.6) is 5.75 Å². The van der Waals surface area contributed by atoms with Crippen molar-refractivity contribution in [3.63, 3.8) is 0 Å². The summed E-state index contributed by atoms with van der Waals surface area (Å²) in [5.74, 6) is 0.657. The SMILES string of the molecule is COc1ccc(CNC(=O)c2ccc(-c3ccc(C)cc3)nc2)cc1. The van der Waals surface area contributed by atoms with Gasteiger partial charge in [-0.25, -0.2) is 0 Å². The highest BCUT2D eigenvalue weighted by Crippen LogP contribution is 2.17. The summed E-state index contributed by atoms with van der Waals surface area (Å²) in [5.41, 5.74) is 4.66. The van der Waals surface area contributed by atoms with Gasteiger partial charge in [-0.1, -0.05) is 42.0 Å². The van der Waals surface area contributed by atoms with Crippen molar-refractivity contribution in [2.75, 3.05) is 7.11 Å². The molecule has 126 valence electrons. The summed E-state index contributed by atoms with van der Waals surface area (Å²) in [7, 11) is 1.63. The van der Waals surface area contributed by atoms with Gasteiger partial charge in [-0.15, -0.1) is 0 Å². The van der Waals surface area contributed by atoms with Crippen LogP contribution in [0.1, 0.15) is 21.5 Å². The number of benzene rings is 2. The Labute approximate surface area is 147 Å². The molecule has 0 saturated heterocycles. The van der Waals surface area contributed by atoms with Gasteiger partial charge in [0.1, 0.15) is 5.75 Å². The molecule has 0 unspecified atom stereocenters. The lowest BCUT2D eigenvalue weighted by molar-refractivity contribution is 0.0950. The van der Waals surface area contributed by atoms with E-state index in [0.29, 0.717) is 12.1 Å². The maximum atomic E-state index is 12.3. The number of nitrogens with one attached hydrogen (secondary N) is 1. The van der Waals surface area contributed by atoms with Crippen LogP contribution in [0.15, 0.2) is 66.9 Å². The van der Waals surface area contributed by atoms with E-state index in [1.165, 1.54) is 5.56 Å². The Morgan fingerprint density at radius 1 is 1.00 bits per heavy atom. The maximum Gasteiger partial charge on any atom is 0.253 e.